The lowest BCUT2D eigenvalue weighted by molar-refractivity contribution is 0.875. The second-order valence-corrected chi connectivity index (χ2v) is 3.53. The molecule has 0 unspecified atom stereocenters. The minimum absolute atomic E-state index is 1.01. The first kappa shape index (κ1) is 7.19. The van der Waals surface area contributed by atoms with Crippen LogP contribution >= 0.6 is 11.8 Å². The molecule has 1 heterocycles. The summed E-state index contributed by atoms with van der Waals surface area (Å²) < 4.78 is 0. The summed E-state index contributed by atoms with van der Waals surface area (Å²) in [5.74, 6) is 1.13. The summed E-state index contributed by atoms with van der Waals surface area (Å²) >= 11 is 1.88. The molecule has 1 nitrogen and oxygen atoms in total. The van der Waals surface area contributed by atoms with Gasteiger partial charge in [0.1, 0.15) is 0 Å². The van der Waals surface area contributed by atoms with Crippen molar-refractivity contribution in [2.24, 2.45) is 0 Å². The molecule has 1 aromatic carbocycles. The molecular weight excluding hydrogens is 154 g/mol. The second-order valence-electron chi connectivity index (χ2n) is 2.40. The Morgan fingerprint density at radius 2 is 2.27 bits per heavy atom. The van der Waals surface area contributed by atoms with Crippen molar-refractivity contribution in [1.29, 1.82) is 0 Å². The van der Waals surface area contributed by atoms with E-state index in [1.807, 2.05) is 17.8 Å². The fourth-order valence-corrected chi connectivity index (χ4v) is 1.94. The van der Waals surface area contributed by atoms with Crippen LogP contribution in [0.5, 0.6) is 0 Å². The highest BCUT2D eigenvalue weighted by Gasteiger charge is 2.06. The van der Waals surface area contributed by atoms with E-state index in [-0.39, 0.29) is 0 Å². The maximum absolute atomic E-state index is 3.15. The minimum atomic E-state index is 1.01. The van der Waals surface area contributed by atoms with Gasteiger partial charge >= 0.3 is 0 Å². The van der Waals surface area contributed by atoms with Crippen molar-refractivity contribution in [3.05, 3.63) is 36.4 Å². The average molecular weight is 163 g/mol. The van der Waals surface area contributed by atoms with E-state index < -0.39 is 0 Å². The molecule has 0 aromatic heterocycles. The van der Waals surface area contributed by atoms with Crippen LogP contribution in [0.2, 0.25) is 0 Å². The molecule has 0 saturated carbocycles. The van der Waals surface area contributed by atoms with Crippen LogP contribution in [0.3, 0.4) is 0 Å². The van der Waals surface area contributed by atoms with Gasteiger partial charge in [0.15, 0.2) is 0 Å². The van der Waals surface area contributed by atoms with E-state index in [0.717, 1.165) is 12.3 Å². The number of rotatable bonds is 0. The molecule has 2 heteroatoms. The molecular formula is C9H9NS. The molecule has 0 aliphatic carbocycles. The predicted octanol–water partition coefficient (Wildman–Crippen LogP) is 1.77. The van der Waals surface area contributed by atoms with Gasteiger partial charge in [-0.15, -0.1) is 11.8 Å². The van der Waals surface area contributed by atoms with E-state index >= 15 is 0 Å². The van der Waals surface area contributed by atoms with Crippen LogP contribution in [0.15, 0.2) is 29.2 Å². The Balaban J connectivity index is 2.33. The minimum Gasteiger partial charge on any atom is -0.303 e. The van der Waals surface area contributed by atoms with Crippen LogP contribution in [0.1, 0.15) is 5.56 Å². The molecule has 0 fully saturated rings. The molecule has 2 rings (SSSR count). The van der Waals surface area contributed by atoms with E-state index in [9.17, 15) is 0 Å². The van der Waals surface area contributed by atoms with Gasteiger partial charge in [-0.25, -0.2) is 0 Å². The normalized spacial score (nSPS) is 17.1. The molecule has 1 N–H and O–H groups in total. The summed E-state index contributed by atoms with van der Waals surface area (Å²) in [7, 11) is 0. The lowest BCUT2D eigenvalue weighted by atomic mass is 10.2. The van der Waals surface area contributed by atoms with Gasteiger partial charge in [-0.2, -0.15) is 0 Å². The SMILES string of the molecule is [C]1NCCSc2ccccc21. The van der Waals surface area contributed by atoms with E-state index in [0.29, 0.717) is 0 Å². The Bertz CT molecular complexity index is 222. The number of hydrogen-bond donors (Lipinski definition) is 1. The largest absolute Gasteiger partial charge is 0.303 e. The Hall–Kier alpha value is -0.470. The lowest BCUT2D eigenvalue weighted by Crippen LogP contribution is -2.11. The Morgan fingerprint density at radius 3 is 3.27 bits per heavy atom. The van der Waals surface area contributed by atoms with Crippen molar-refractivity contribution in [2.75, 3.05) is 12.3 Å². The third-order valence-electron chi connectivity index (χ3n) is 1.59. The second kappa shape index (κ2) is 3.28. The number of fused-ring (bicyclic) bond motifs is 1. The molecule has 2 radical (unpaired) electrons. The summed E-state index contributed by atoms with van der Waals surface area (Å²) in [5.41, 5.74) is 1.19. The average Bonchev–Trinajstić information content (AvgIpc) is 2.28. The van der Waals surface area contributed by atoms with Crippen LogP contribution in [-0.4, -0.2) is 12.3 Å². The van der Waals surface area contributed by atoms with Gasteiger partial charge in [0, 0.05) is 17.2 Å². The Morgan fingerprint density at radius 1 is 1.36 bits per heavy atom. The summed E-state index contributed by atoms with van der Waals surface area (Å²) in [6.07, 6.45) is 0. The third-order valence-corrected chi connectivity index (χ3v) is 2.67. The van der Waals surface area contributed by atoms with Gasteiger partial charge in [0.25, 0.3) is 0 Å². The monoisotopic (exact) mass is 163 g/mol. The molecule has 0 bridgehead atoms. The predicted molar refractivity (Wildman–Crippen MR) is 47.5 cm³/mol. The van der Waals surface area contributed by atoms with Gasteiger partial charge in [0.05, 0.1) is 6.54 Å². The molecule has 1 aliphatic rings. The maximum Gasteiger partial charge on any atom is 0.0945 e. The van der Waals surface area contributed by atoms with Crippen molar-refractivity contribution in [2.45, 2.75) is 4.90 Å². The molecule has 1 aliphatic heterocycles. The van der Waals surface area contributed by atoms with E-state index in [4.69, 9.17) is 0 Å². The Kier molecular flexibility index (Phi) is 2.15. The van der Waals surface area contributed by atoms with Crippen LogP contribution in [0.4, 0.5) is 0 Å². The lowest BCUT2D eigenvalue weighted by Gasteiger charge is -2.00. The summed E-state index contributed by atoms with van der Waals surface area (Å²) in [6.45, 7) is 4.17. The third kappa shape index (κ3) is 1.57. The van der Waals surface area contributed by atoms with Crippen molar-refractivity contribution < 1.29 is 0 Å². The summed E-state index contributed by atoms with van der Waals surface area (Å²) in [5, 5.41) is 3.13. The fraction of sp³-hybridized carbons (Fsp3) is 0.222. The zero-order chi connectivity index (χ0) is 7.52. The first-order valence-corrected chi connectivity index (χ1v) is 4.66. The quantitative estimate of drug-likeness (QED) is 0.625. The summed E-state index contributed by atoms with van der Waals surface area (Å²) in [6, 6.07) is 8.33. The fourth-order valence-electron chi connectivity index (χ4n) is 1.07. The number of nitrogens with one attached hydrogen (secondary N) is 1. The van der Waals surface area contributed by atoms with Gasteiger partial charge in [-0.05, 0) is 11.6 Å². The molecule has 56 valence electrons. The number of hydrogen-bond acceptors (Lipinski definition) is 2. The molecule has 0 atom stereocenters. The highest BCUT2D eigenvalue weighted by atomic mass is 32.2. The van der Waals surface area contributed by atoms with E-state index in [2.05, 4.69) is 30.1 Å². The summed E-state index contributed by atoms with van der Waals surface area (Å²) in [4.78, 5) is 1.33. The van der Waals surface area contributed by atoms with Gasteiger partial charge in [-0.1, -0.05) is 18.2 Å². The topological polar surface area (TPSA) is 12.0 Å². The smallest absolute Gasteiger partial charge is 0.0945 e. The van der Waals surface area contributed by atoms with Gasteiger partial charge in [0.2, 0.25) is 0 Å². The first-order chi connectivity index (χ1) is 5.47. The van der Waals surface area contributed by atoms with E-state index in [1.54, 1.807) is 0 Å². The van der Waals surface area contributed by atoms with Crippen LogP contribution in [-0.2, 0) is 0 Å². The van der Waals surface area contributed by atoms with Crippen LogP contribution < -0.4 is 5.32 Å². The number of thioether (sulfide) groups is 1. The molecule has 1 aromatic rings. The number of benzene rings is 1. The van der Waals surface area contributed by atoms with Crippen molar-refractivity contribution in [1.82, 2.24) is 5.32 Å². The highest BCUT2D eigenvalue weighted by Crippen LogP contribution is 2.24. The zero-order valence-electron chi connectivity index (χ0n) is 6.13. The molecule has 0 saturated heterocycles. The highest BCUT2D eigenvalue weighted by molar-refractivity contribution is 7.99. The molecule has 0 amide bonds. The van der Waals surface area contributed by atoms with Crippen molar-refractivity contribution >= 4 is 11.8 Å². The molecule has 11 heavy (non-hydrogen) atoms. The Labute approximate surface area is 71.2 Å². The van der Waals surface area contributed by atoms with Gasteiger partial charge < -0.3 is 5.32 Å². The molecule has 0 spiro atoms. The van der Waals surface area contributed by atoms with Crippen LogP contribution in [0, 0.1) is 6.54 Å². The van der Waals surface area contributed by atoms with Crippen LogP contribution in [0.25, 0.3) is 0 Å². The van der Waals surface area contributed by atoms with E-state index in [1.165, 1.54) is 10.5 Å². The van der Waals surface area contributed by atoms with Gasteiger partial charge in [-0.3, -0.25) is 0 Å². The maximum atomic E-state index is 3.15. The zero-order valence-corrected chi connectivity index (χ0v) is 6.95. The standard InChI is InChI=1S/C9H9NS/c1-2-4-9-8(3-1)7-10-5-6-11-9/h1-4,10H,5-6H2. The first-order valence-electron chi connectivity index (χ1n) is 3.67. The van der Waals surface area contributed by atoms with Crippen molar-refractivity contribution in [3.8, 4) is 0 Å². The van der Waals surface area contributed by atoms with Crippen molar-refractivity contribution in [3.63, 3.8) is 0 Å².